The van der Waals surface area contributed by atoms with Crippen LogP contribution in [0.25, 0.3) is 0 Å². The highest BCUT2D eigenvalue weighted by Crippen LogP contribution is 2.13. The van der Waals surface area contributed by atoms with E-state index in [1.165, 1.54) is 24.3 Å². The van der Waals surface area contributed by atoms with Gasteiger partial charge in [-0.15, -0.1) is 0 Å². The molecule has 0 aliphatic heterocycles. The van der Waals surface area contributed by atoms with Crippen LogP contribution < -0.4 is 4.72 Å². The van der Waals surface area contributed by atoms with Crippen LogP contribution in [0.2, 0.25) is 0 Å². The zero-order chi connectivity index (χ0) is 14.6. The summed E-state index contributed by atoms with van der Waals surface area (Å²) >= 11 is 0. The lowest BCUT2D eigenvalue weighted by Gasteiger charge is -2.17. The minimum atomic E-state index is -3.96. The molecule has 7 heteroatoms. The molecule has 0 radical (unpaired) electrons. The first kappa shape index (κ1) is 15.1. The lowest BCUT2D eigenvalue weighted by molar-refractivity contribution is -0.140. The van der Waals surface area contributed by atoms with Gasteiger partial charge < -0.3 is 5.11 Å². The van der Waals surface area contributed by atoms with Crippen molar-refractivity contribution in [3.63, 3.8) is 0 Å². The Bertz CT molecular complexity index is 617. The first-order chi connectivity index (χ1) is 8.77. The number of carboxylic acids is 1. The fourth-order valence-electron chi connectivity index (χ4n) is 1.44. The van der Waals surface area contributed by atoms with E-state index in [4.69, 9.17) is 10.4 Å². The average molecular weight is 282 g/mol. The van der Waals surface area contributed by atoms with E-state index < -0.39 is 28.0 Å². The van der Waals surface area contributed by atoms with E-state index in [0.717, 1.165) is 0 Å². The van der Waals surface area contributed by atoms with Gasteiger partial charge in [0, 0.05) is 0 Å². The topological polar surface area (TPSA) is 107 Å². The predicted octanol–water partition coefficient (Wildman–Crippen LogP) is 0.946. The second kappa shape index (κ2) is 5.82. The highest BCUT2D eigenvalue weighted by Gasteiger charge is 2.28. The molecular formula is C12H14N2O4S. The number of carbonyl (C=O) groups is 1. The third-order valence-electron chi connectivity index (χ3n) is 2.49. The zero-order valence-electron chi connectivity index (χ0n) is 10.5. The number of nitriles is 1. The molecule has 1 rings (SSSR count). The molecule has 1 unspecified atom stereocenters. The van der Waals surface area contributed by atoms with Gasteiger partial charge in [-0.3, -0.25) is 4.79 Å². The van der Waals surface area contributed by atoms with E-state index in [-0.39, 0.29) is 10.5 Å². The zero-order valence-corrected chi connectivity index (χ0v) is 11.3. The van der Waals surface area contributed by atoms with Gasteiger partial charge in [-0.2, -0.15) is 9.98 Å². The number of sulfonamides is 1. The molecule has 1 atom stereocenters. The Morgan fingerprint density at radius 1 is 1.42 bits per heavy atom. The summed E-state index contributed by atoms with van der Waals surface area (Å²) in [4.78, 5) is 10.9. The Hall–Kier alpha value is -1.91. The van der Waals surface area contributed by atoms with Crippen LogP contribution in [0, 0.1) is 17.2 Å². The van der Waals surface area contributed by atoms with Crippen molar-refractivity contribution >= 4 is 16.0 Å². The number of hydrogen-bond acceptors (Lipinski definition) is 4. The van der Waals surface area contributed by atoms with E-state index in [9.17, 15) is 13.2 Å². The van der Waals surface area contributed by atoms with E-state index in [0.29, 0.717) is 0 Å². The van der Waals surface area contributed by atoms with Gasteiger partial charge in [0.1, 0.15) is 6.04 Å². The SMILES string of the molecule is CC(C)C(NS(=O)(=O)c1cccc(C#N)c1)C(=O)O. The Morgan fingerprint density at radius 3 is 2.53 bits per heavy atom. The summed E-state index contributed by atoms with van der Waals surface area (Å²) in [5, 5.41) is 17.7. The third kappa shape index (κ3) is 3.77. The maximum Gasteiger partial charge on any atom is 0.322 e. The first-order valence-electron chi connectivity index (χ1n) is 5.53. The van der Waals surface area contributed by atoms with E-state index in [1.807, 2.05) is 6.07 Å². The van der Waals surface area contributed by atoms with E-state index in [2.05, 4.69) is 4.72 Å². The van der Waals surface area contributed by atoms with Crippen LogP contribution in [0.5, 0.6) is 0 Å². The summed E-state index contributed by atoms with van der Waals surface area (Å²) in [5.41, 5.74) is 0.194. The number of benzene rings is 1. The molecule has 0 spiro atoms. The summed E-state index contributed by atoms with van der Waals surface area (Å²) in [6, 6.07) is 6.02. The van der Waals surface area contributed by atoms with Gasteiger partial charge in [-0.05, 0) is 24.1 Å². The lowest BCUT2D eigenvalue weighted by Crippen LogP contribution is -2.44. The maximum absolute atomic E-state index is 12.0. The Labute approximate surface area is 111 Å². The van der Waals surface area contributed by atoms with Gasteiger partial charge in [0.15, 0.2) is 0 Å². The van der Waals surface area contributed by atoms with Gasteiger partial charge >= 0.3 is 5.97 Å². The molecule has 0 aromatic heterocycles. The molecule has 1 aromatic rings. The summed E-state index contributed by atoms with van der Waals surface area (Å²) < 4.78 is 26.2. The molecule has 0 fully saturated rings. The van der Waals surface area contributed by atoms with Crippen LogP contribution in [-0.2, 0) is 14.8 Å². The van der Waals surface area contributed by atoms with Gasteiger partial charge in [0.25, 0.3) is 0 Å². The molecule has 6 nitrogen and oxygen atoms in total. The van der Waals surface area contributed by atoms with Crippen molar-refractivity contribution < 1.29 is 18.3 Å². The molecule has 0 heterocycles. The van der Waals surface area contributed by atoms with Crippen LogP contribution in [0.3, 0.4) is 0 Å². The third-order valence-corrected chi connectivity index (χ3v) is 3.93. The molecule has 0 aliphatic carbocycles. The predicted molar refractivity (Wildman–Crippen MR) is 67.7 cm³/mol. The molecule has 0 saturated heterocycles. The summed E-state index contributed by atoms with van der Waals surface area (Å²) in [7, 11) is -3.96. The monoisotopic (exact) mass is 282 g/mol. The molecule has 0 amide bonds. The highest BCUT2D eigenvalue weighted by molar-refractivity contribution is 7.89. The van der Waals surface area contributed by atoms with Crippen molar-refractivity contribution in [2.45, 2.75) is 24.8 Å². The second-order valence-corrected chi connectivity index (χ2v) is 6.03. The molecule has 0 aliphatic rings. The number of rotatable bonds is 5. The summed E-state index contributed by atoms with van der Waals surface area (Å²) in [6.45, 7) is 3.21. The maximum atomic E-state index is 12.0. The van der Waals surface area contributed by atoms with Crippen molar-refractivity contribution in [2.75, 3.05) is 0 Å². The number of nitrogens with one attached hydrogen (secondary N) is 1. The van der Waals surface area contributed by atoms with Gasteiger partial charge in [-0.25, -0.2) is 8.42 Å². The molecule has 19 heavy (non-hydrogen) atoms. The van der Waals surface area contributed by atoms with Crippen molar-refractivity contribution in [3.05, 3.63) is 29.8 Å². The van der Waals surface area contributed by atoms with Gasteiger partial charge in [0.05, 0.1) is 16.5 Å². The van der Waals surface area contributed by atoms with Crippen molar-refractivity contribution in [1.29, 1.82) is 5.26 Å². The van der Waals surface area contributed by atoms with E-state index >= 15 is 0 Å². The second-order valence-electron chi connectivity index (χ2n) is 4.32. The fraction of sp³-hybridized carbons (Fsp3) is 0.333. The summed E-state index contributed by atoms with van der Waals surface area (Å²) in [5.74, 6) is -1.64. The largest absolute Gasteiger partial charge is 0.480 e. The molecule has 1 aromatic carbocycles. The Kier molecular flexibility index (Phi) is 4.64. The summed E-state index contributed by atoms with van der Waals surface area (Å²) in [6.07, 6.45) is 0. The van der Waals surface area contributed by atoms with Crippen molar-refractivity contribution in [1.82, 2.24) is 4.72 Å². The minimum Gasteiger partial charge on any atom is -0.480 e. The van der Waals surface area contributed by atoms with Crippen LogP contribution >= 0.6 is 0 Å². The van der Waals surface area contributed by atoms with Crippen LogP contribution in [-0.4, -0.2) is 25.5 Å². The average Bonchev–Trinajstić information content (AvgIpc) is 2.35. The first-order valence-corrected chi connectivity index (χ1v) is 7.01. The molecule has 2 N–H and O–H groups in total. The van der Waals surface area contributed by atoms with Crippen molar-refractivity contribution in [3.8, 4) is 6.07 Å². The number of nitrogens with zero attached hydrogens (tertiary/aromatic N) is 1. The van der Waals surface area contributed by atoms with Crippen LogP contribution in [0.1, 0.15) is 19.4 Å². The number of carboxylic acid groups (broad SMARTS) is 1. The number of aliphatic carboxylic acids is 1. The standard InChI is InChI=1S/C12H14N2O4S/c1-8(2)11(12(15)16)14-19(17,18)10-5-3-4-9(6-10)7-13/h3-6,8,11,14H,1-2H3,(H,15,16). The molecule has 102 valence electrons. The fourth-order valence-corrected chi connectivity index (χ4v) is 2.82. The number of hydrogen-bond donors (Lipinski definition) is 2. The van der Waals surface area contributed by atoms with Crippen molar-refractivity contribution in [2.24, 2.45) is 5.92 Å². The Morgan fingerprint density at radius 2 is 2.05 bits per heavy atom. The normalized spacial score (nSPS) is 12.9. The smallest absolute Gasteiger partial charge is 0.322 e. The van der Waals surface area contributed by atoms with Crippen LogP contribution in [0.15, 0.2) is 29.2 Å². The minimum absolute atomic E-state index is 0.126. The lowest BCUT2D eigenvalue weighted by atomic mass is 10.1. The van der Waals surface area contributed by atoms with Gasteiger partial charge in [-0.1, -0.05) is 19.9 Å². The highest BCUT2D eigenvalue weighted by atomic mass is 32.2. The molecule has 0 saturated carbocycles. The quantitative estimate of drug-likeness (QED) is 0.836. The molecular weight excluding hydrogens is 268 g/mol. The van der Waals surface area contributed by atoms with Crippen LogP contribution in [0.4, 0.5) is 0 Å². The molecule has 0 bridgehead atoms. The Balaban J connectivity index is 3.11. The van der Waals surface area contributed by atoms with E-state index in [1.54, 1.807) is 13.8 Å². The van der Waals surface area contributed by atoms with Gasteiger partial charge in [0.2, 0.25) is 10.0 Å².